The predicted octanol–water partition coefficient (Wildman–Crippen LogP) is 0.759. The van der Waals surface area contributed by atoms with Gasteiger partial charge in [0.1, 0.15) is 5.92 Å². The third-order valence-electron chi connectivity index (χ3n) is 2.80. The zero-order valence-corrected chi connectivity index (χ0v) is 10.4. The molecule has 92 valence electrons. The minimum absolute atomic E-state index is 0.163. The SMILES string of the molecule is COC(=O)C1C(=O)NC[C@@H]1c1ccc(OC)s1. The van der Waals surface area contributed by atoms with Crippen molar-refractivity contribution in [1.29, 1.82) is 0 Å². The average Bonchev–Trinajstić information content (AvgIpc) is 2.94. The second-order valence-electron chi connectivity index (χ2n) is 3.71. The molecule has 1 aromatic rings. The second kappa shape index (κ2) is 4.75. The molecule has 1 amide bonds. The van der Waals surface area contributed by atoms with Crippen LogP contribution in [0.25, 0.3) is 0 Å². The largest absolute Gasteiger partial charge is 0.487 e. The minimum atomic E-state index is -0.747. The van der Waals surface area contributed by atoms with Crippen LogP contribution in [0.4, 0.5) is 0 Å². The van der Waals surface area contributed by atoms with E-state index in [0.29, 0.717) is 6.54 Å². The van der Waals surface area contributed by atoms with Crippen LogP contribution in [0.5, 0.6) is 5.06 Å². The molecule has 2 heterocycles. The van der Waals surface area contributed by atoms with Gasteiger partial charge >= 0.3 is 5.97 Å². The van der Waals surface area contributed by atoms with Crippen molar-refractivity contribution in [3.8, 4) is 5.06 Å². The van der Waals surface area contributed by atoms with Crippen LogP contribution >= 0.6 is 11.3 Å². The Morgan fingerprint density at radius 1 is 1.47 bits per heavy atom. The Balaban J connectivity index is 2.25. The van der Waals surface area contributed by atoms with E-state index in [4.69, 9.17) is 4.74 Å². The molecule has 2 atom stereocenters. The van der Waals surface area contributed by atoms with Crippen LogP contribution in [0.1, 0.15) is 10.8 Å². The smallest absolute Gasteiger partial charge is 0.318 e. The number of hydrogen-bond donors (Lipinski definition) is 1. The summed E-state index contributed by atoms with van der Waals surface area (Å²) >= 11 is 1.44. The molecule has 1 aliphatic heterocycles. The van der Waals surface area contributed by atoms with Crippen LogP contribution in [-0.2, 0) is 14.3 Å². The third-order valence-corrected chi connectivity index (χ3v) is 3.98. The molecule has 1 aliphatic rings. The molecule has 0 bridgehead atoms. The Morgan fingerprint density at radius 3 is 2.82 bits per heavy atom. The summed E-state index contributed by atoms with van der Waals surface area (Å²) in [6.07, 6.45) is 0. The summed E-state index contributed by atoms with van der Waals surface area (Å²) in [5, 5.41) is 3.45. The summed E-state index contributed by atoms with van der Waals surface area (Å²) in [6, 6.07) is 3.71. The number of carbonyl (C=O) groups excluding carboxylic acids is 2. The van der Waals surface area contributed by atoms with Crippen molar-refractivity contribution in [2.24, 2.45) is 5.92 Å². The Bertz CT molecular complexity index is 442. The van der Waals surface area contributed by atoms with Crippen LogP contribution < -0.4 is 10.1 Å². The molecule has 1 N–H and O–H groups in total. The highest BCUT2D eigenvalue weighted by Crippen LogP contribution is 2.36. The summed E-state index contributed by atoms with van der Waals surface area (Å²) in [4.78, 5) is 24.1. The first kappa shape index (κ1) is 11.9. The molecule has 0 aromatic carbocycles. The normalized spacial score (nSPS) is 23.3. The van der Waals surface area contributed by atoms with Gasteiger partial charge in [-0.15, -0.1) is 11.3 Å². The maximum Gasteiger partial charge on any atom is 0.318 e. The number of thiophene rings is 1. The van der Waals surface area contributed by atoms with Crippen LogP contribution in [0.15, 0.2) is 12.1 Å². The van der Waals surface area contributed by atoms with Gasteiger partial charge in [-0.25, -0.2) is 0 Å². The third kappa shape index (κ3) is 2.12. The summed E-state index contributed by atoms with van der Waals surface area (Å²) in [5.74, 6) is -1.67. The van der Waals surface area contributed by atoms with E-state index in [9.17, 15) is 9.59 Å². The van der Waals surface area contributed by atoms with Crippen molar-refractivity contribution in [1.82, 2.24) is 5.32 Å². The number of carbonyl (C=O) groups is 2. The lowest BCUT2D eigenvalue weighted by Crippen LogP contribution is -2.27. The second-order valence-corrected chi connectivity index (χ2v) is 4.79. The lowest BCUT2D eigenvalue weighted by molar-refractivity contribution is -0.149. The lowest BCUT2D eigenvalue weighted by atomic mass is 9.94. The van der Waals surface area contributed by atoms with Crippen LogP contribution in [0.2, 0.25) is 0 Å². The van der Waals surface area contributed by atoms with Gasteiger partial charge in [-0.05, 0) is 12.1 Å². The van der Waals surface area contributed by atoms with E-state index in [1.165, 1.54) is 18.4 Å². The molecule has 0 saturated carbocycles. The fraction of sp³-hybridized carbons (Fsp3) is 0.455. The maximum absolute atomic E-state index is 11.6. The number of methoxy groups -OCH3 is 2. The number of esters is 1. The van der Waals surface area contributed by atoms with Gasteiger partial charge in [0.25, 0.3) is 0 Å². The van der Waals surface area contributed by atoms with Crippen molar-refractivity contribution < 1.29 is 19.1 Å². The lowest BCUT2D eigenvalue weighted by Gasteiger charge is -2.12. The molecule has 6 heteroatoms. The quantitative estimate of drug-likeness (QED) is 0.639. The van der Waals surface area contributed by atoms with Gasteiger partial charge in [0, 0.05) is 17.3 Å². The molecular weight excluding hydrogens is 242 g/mol. The van der Waals surface area contributed by atoms with E-state index < -0.39 is 11.9 Å². The predicted molar refractivity (Wildman–Crippen MR) is 62.1 cm³/mol. The maximum atomic E-state index is 11.6. The number of amides is 1. The number of ether oxygens (including phenoxy) is 2. The monoisotopic (exact) mass is 255 g/mol. The van der Waals surface area contributed by atoms with Crippen LogP contribution in [0.3, 0.4) is 0 Å². The zero-order chi connectivity index (χ0) is 12.4. The van der Waals surface area contributed by atoms with Gasteiger partial charge in [-0.3, -0.25) is 9.59 Å². The molecule has 0 radical (unpaired) electrons. The highest BCUT2D eigenvalue weighted by atomic mass is 32.1. The summed E-state index contributed by atoms with van der Waals surface area (Å²) in [7, 11) is 2.88. The molecule has 17 heavy (non-hydrogen) atoms. The Kier molecular flexibility index (Phi) is 3.33. The van der Waals surface area contributed by atoms with E-state index in [0.717, 1.165) is 9.94 Å². The van der Waals surface area contributed by atoms with E-state index in [1.807, 2.05) is 12.1 Å². The van der Waals surface area contributed by atoms with E-state index in [-0.39, 0.29) is 11.8 Å². The first-order valence-electron chi connectivity index (χ1n) is 5.16. The molecule has 0 spiro atoms. The Hall–Kier alpha value is -1.56. The highest BCUT2D eigenvalue weighted by Gasteiger charge is 2.42. The van der Waals surface area contributed by atoms with Crippen LogP contribution in [0, 0.1) is 5.92 Å². The highest BCUT2D eigenvalue weighted by molar-refractivity contribution is 7.13. The first-order valence-corrected chi connectivity index (χ1v) is 5.98. The fourth-order valence-corrected chi connectivity index (χ4v) is 2.89. The van der Waals surface area contributed by atoms with Crippen molar-refractivity contribution in [3.63, 3.8) is 0 Å². The molecule has 1 fully saturated rings. The van der Waals surface area contributed by atoms with Gasteiger partial charge in [0.15, 0.2) is 5.06 Å². The molecule has 0 aliphatic carbocycles. The topological polar surface area (TPSA) is 64.6 Å². The molecular formula is C11H13NO4S. The van der Waals surface area contributed by atoms with Gasteiger partial charge in [-0.1, -0.05) is 0 Å². The Labute approximate surface area is 103 Å². The van der Waals surface area contributed by atoms with E-state index in [2.05, 4.69) is 10.1 Å². The summed E-state index contributed by atoms with van der Waals surface area (Å²) in [6.45, 7) is 0.461. The van der Waals surface area contributed by atoms with Gasteiger partial charge < -0.3 is 14.8 Å². The summed E-state index contributed by atoms with van der Waals surface area (Å²) < 4.78 is 9.76. The fourth-order valence-electron chi connectivity index (χ4n) is 1.93. The number of nitrogens with one attached hydrogen (secondary N) is 1. The number of hydrogen-bond acceptors (Lipinski definition) is 5. The first-order chi connectivity index (χ1) is 8.17. The standard InChI is InChI=1S/C11H13NO4S/c1-15-8-4-3-7(17-8)6-5-12-10(13)9(6)11(14)16-2/h3-4,6,9H,5H2,1-2H3,(H,12,13)/t6-,9?/m1/s1. The average molecular weight is 255 g/mol. The molecule has 2 rings (SSSR count). The van der Waals surface area contributed by atoms with Crippen LogP contribution in [-0.4, -0.2) is 32.6 Å². The van der Waals surface area contributed by atoms with Crippen molar-refractivity contribution in [2.45, 2.75) is 5.92 Å². The van der Waals surface area contributed by atoms with Gasteiger partial charge in [0.05, 0.1) is 14.2 Å². The molecule has 5 nitrogen and oxygen atoms in total. The van der Waals surface area contributed by atoms with E-state index in [1.54, 1.807) is 7.11 Å². The minimum Gasteiger partial charge on any atom is -0.487 e. The summed E-state index contributed by atoms with van der Waals surface area (Å²) in [5.41, 5.74) is 0. The van der Waals surface area contributed by atoms with E-state index >= 15 is 0 Å². The zero-order valence-electron chi connectivity index (χ0n) is 9.56. The number of rotatable bonds is 3. The van der Waals surface area contributed by atoms with Crippen molar-refractivity contribution in [2.75, 3.05) is 20.8 Å². The van der Waals surface area contributed by atoms with Gasteiger partial charge in [0.2, 0.25) is 5.91 Å². The van der Waals surface area contributed by atoms with Crippen molar-refractivity contribution >= 4 is 23.2 Å². The van der Waals surface area contributed by atoms with Crippen molar-refractivity contribution in [3.05, 3.63) is 17.0 Å². The molecule has 1 saturated heterocycles. The molecule has 1 aromatic heterocycles. The molecule has 1 unspecified atom stereocenters. The Morgan fingerprint density at radius 2 is 2.24 bits per heavy atom. The van der Waals surface area contributed by atoms with Gasteiger partial charge in [-0.2, -0.15) is 0 Å².